The first-order valence-corrected chi connectivity index (χ1v) is 7.32. The summed E-state index contributed by atoms with van der Waals surface area (Å²) < 4.78 is 1.47. The van der Waals surface area contributed by atoms with Crippen LogP contribution in [0.1, 0.15) is 35.5 Å². The van der Waals surface area contributed by atoms with Gasteiger partial charge in [0.15, 0.2) is 0 Å². The molecule has 7 heteroatoms. The fraction of sp³-hybridized carbons (Fsp3) is 0.375. The number of nitro groups is 1. The molecule has 0 spiro atoms. The van der Waals surface area contributed by atoms with Gasteiger partial charge in [-0.05, 0) is 36.2 Å². The number of benzene rings is 1. The summed E-state index contributed by atoms with van der Waals surface area (Å²) in [6, 6.07) is 6.00. The fourth-order valence-corrected chi connectivity index (χ4v) is 2.52. The smallest absolute Gasteiger partial charge is 0.358 e. The molecular weight excluding hydrogens is 296 g/mol. The predicted octanol–water partition coefficient (Wildman–Crippen LogP) is 2.59. The van der Waals surface area contributed by atoms with Gasteiger partial charge in [-0.3, -0.25) is 9.36 Å². The van der Waals surface area contributed by atoms with Gasteiger partial charge in [-0.1, -0.05) is 29.3 Å². The molecule has 1 aromatic carbocycles. The van der Waals surface area contributed by atoms with E-state index in [1.165, 1.54) is 10.8 Å². The Balaban J connectivity index is 2.05. The predicted molar refractivity (Wildman–Crippen MR) is 86.1 cm³/mol. The number of amides is 1. The van der Waals surface area contributed by atoms with Gasteiger partial charge in [0.05, 0.1) is 6.04 Å². The molecule has 0 saturated carbocycles. The number of aryl methyl sites for hydroxylation is 3. The topological polar surface area (TPSA) is 90.1 Å². The molecule has 2 aromatic rings. The molecule has 1 aromatic heterocycles. The molecule has 0 unspecified atom stereocenters. The average molecular weight is 316 g/mol. The van der Waals surface area contributed by atoms with Crippen molar-refractivity contribution >= 4 is 11.7 Å². The van der Waals surface area contributed by atoms with Gasteiger partial charge in [0, 0.05) is 6.92 Å². The number of imidazole rings is 1. The van der Waals surface area contributed by atoms with Crippen molar-refractivity contribution in [3.8, 4) is 0 Å². The number of carbonyl (C=O) groups excluding carboxylic acids is 1. The van der Waals surface area contributed by atoms with Crippen molar-refractivity contribution in [2.75, 3.05) is 0 Å². The summed E-state index contributed by atoms with van der Waals surface area (Å²) in [6.45, 7) is 7.57. The first-order valence-electron chi connectivity index (χ1n) is 7.32. The Labute approximate surface area is 134 Å². The number of carbonyl (C=O) groups is 1. The average Bonchev–Trinajstić information content (AvgIpc) is 2.79. The lowest BCUT2D eigenvalue weighted by atomic mass is 10.0. The Morgan fingerprint density at radius 3 is 2.43 bits per heavy atom. The third-order valence-electron chi connectivity index (χ3n) is 3.59. The van der Waals surface area contributed by atoms with E-state index >= 15 is 0 Å². The highest BCUT2D eigenvalue weighted by atomic mass is 16.6. The van der Waals surface area contributed by atoms with Crippen LogP contribution in [-0.2, 0) is 11.3 Å². The Kier molecular flexibility index (Phi) is 4.78. The van der Waals surface area contributed by atoms with E-state index in [1.54, 1.807) is 6.92 Å². The standard InChI is InChI=1S/C16H20N4O3/c1-10-5-11(2)7-14(6-10)12(3)17-16(21)9-19-8-15(20(22)23)18-13(19)4/h5-8,12H,9H2,1-4H3,(H,17,21)/t12-/m0/s1. The Morgan fingerprint density at radius 1 is 1.30 bits per heavy atom. The molecule has 0 aliphatic carbocycles. The van der Waals surface area contributed by atoms with Crippen LogP contribution in [-0.4, -0.2) is 20.4 Å². The minimum atomic E-state index is -0.570. The summed E-state index contributed by atoms with van der Waals surface area (Å²) in [5.41, 5.74) is 3.31. The maximum absolute atomic E-state index is 12.2. The summed E-state index contributed by atoms with van der Waals surface area (Å²) in [5, 5.41) is 13.6. The van der Waals surface area contributed by atoms with Crippen molar-refractivity contribution in [1.82, 2.24) is 14.9 Å². The number of nitrogens with zero attached hydrogens (tertiary/aromatic N) is 3. The van der Waals surface area contributed by atoms with Gasteiger partial charge in [-0.25, -0.2) is 0 Å². The molecule has 1 atom stereocenters. The van der Waals surface area contributed by atoms with Crippen LogP contribution in [0.15, 0.2) is 24.4 Å². The molecule has 2 rings (SSSR count). The van der Waals surface area contributed by atoms with Crippen LogP contribution in [0.3, 0.4) is 0 Å². The normalized spacial score (nSPS) is 12.0. The second-order valence-electron chi connectivity index (χ2n) is 5.74. The van der Waals surface area contributed by atoms with E-state index in [0.29, 0.717) is 5.82 Å². The Morgan fingerprint density at radius 2 is 1.91 bits per heavy atom. The van der Waals surface area contributed by atoms with Crippen LogP contribution in [0.25, 0.3) is 0 Å². The lowest BCUT2D eigenvalue weighted by molar-refractivity contribution is -0.389. The molecule has 0 radical (unpaired) electrons. The van der Waals surface area contributed by atoms with E-state index in [-0.39, 0.29) is 24.3 Å². The summed E-state index contributed by atoms with van der Waals surface area (Å²) in [7, 11) is 0. The molecule has 0 saturated heterocycles. The van der Waals surface area contributed by atoms with E-state index in [0.717, 1.165) is 16.7 Å². The van der Waals surface area contributed by atoms with Gasteiger partial charge in [0.25, 0.3) is 0 Å². The minimum absolute atomic E-state index is 0.00180. The maximum atomic E-state index is 12.2. The zero-order chi connectivity index (χ0) is 17.1. The van der Waals surface area contributed by atoms with Crippen molar-refractivity contribution in [3.63, 3.8) is 0 Å². The van der Waals surface area contributed by atoms with Crippen molar-refractivity contribution in [2.24, 2.45) is 0 Å². The second kappa shape index (κ2) is 6.60. The van der Waals surface area contributed by atoms with Crippen molar-refractivity contribution in [2.45, 2.75) is 40.3 Å². The molecule has 1 N–H and O–H groups in total. The highest BCUT2D eigenvalue weighted by molar-refractivity contribution is 5.76. The third-order valence-corrected chi connectivity index (χ3v) is 3.59. The van der Waals surface area contributed by atoms with Crippen LogP contribution in [0.4, 0.5) is 5.82 Å². The molecule has 0 aliphatic heterocycles. The zero-order valence-corrected chi connectivity index (χ0v) is 13.7. The summed E-state index contributed by atoms with van der Waals surface area (Å²) >= 11 is 0. The van der Waals surface area contributed by atoms with Crippen molar-refractivity contribution < 1.29 is 9.72 Å². The molecule has 0 fully saturated rings. The lowest BCUT2D eigenvalue weighted by Gasteiger charge is -2.16. The lowest BCUT2D eigenvalue weighted by Crippen LogP contribution is -2.30. The fourth-order valence-electron chi connectivity index (χ4n) is 2.52. The Bertz CT molecular complexity index is 732. The van der Waals surface area contributed by atoms with E-state index in [9.17, 15) is 14.9 Å². The number of rotatable bonds is 5. The number of nitrogens with one attached hydrogen (secondary N) is 1. The molecular formula is C16H20N4O3. The van der Waals surface area contributed by atoms with Gasteiger partial charge in [0.1, 0.15) is 12.7 Å². The quantitative estimate of drug-likeness (QED) is 0.678. The summed E-state index contributed by atoms with van der Waals surface area (Å²) in [4.78, 5) is 26.1. The Hall–Kier alpha value is -2.70. The molecule has 1 heterocycles. The van der Waals surface area contributed by atoms with E-state index in [2.05, 4.69) is 16.4 Å². The van der Waals surface area contributed by atoms with E-state index in [1.807, 2.05) is 32.9 Å². The number of aromatic nitrogens is 2. The second-order valence-corrected chi connectivity index (χ2v) is 5.74. The van der Waals surface area contributed by atoms with Crippen molar-refractivity contribution in [1.29, 1.82) is 0 Å². The van der Waals surface area contributed by atoms with E-state index in [4.69, 9.17) is 0 Å². The van der Waals surface area contributed by atoms with E-state index < -0.39 is 4.92 Å². The van der Waals surface area contributed by atoms with Gasteiger partial charge in [-0.2, -0.15) is 0 Å². The molecule has 23 heavy (non-hydrogen) atoms. The van der Waals surface area contributed by atoms with Gasteiger partial charge < -0.3 is 15.4 Å². The monoisotopic (exact) mass is 316 g/mol. The third kappa shape index (κ3) is 4.15. The maximum Gasteiger partial charge on any atom is 0.381 e. The summed E-state index contributed by atoms with van der Waals surface area (Å²) in [6.07, 6.45) is 1.27. The van der Waals surface area contributed by atoms with Crippen LogP contribution in [0, 0.1) is 30.9 Å². The summed E-state index contributed by atoms with van der Waals surface area (Å²) in [5.74, 6) is -0.0318. The molecule has 0 aliphatic rings. The number of hydrogen-bond donors (Lipinski definition) is 1. The molecule has 7 nitrogen and oxygen atoms in total. The van der Waals surface area contributed by atoms with Gasteiger partial charge in [-0.15, -0.1) is 0 Å². The first-order chi connectivity index (χ1) is 10.8. The number of hydrogen-bond acceptors (Lipinski definition) is 4. The molecule has 122 valence electrons. The minimum Gasteiger partial charge on any atom is -0.358 e. The van der Waals surface area contributed by atoms with Crippen molar-refractivity contribution in [3.05, 3.63) is 57.0 Å². The van der Waals surface area contributed by atoms with Gasteiger partial charge >= 0.3 is 5.82 Å². The van der Waals surface area contributed by atoms with Crippen LogP contribution >= 0.6 is 0 Å². The zero-order valence-electron chi connectivity index (χ0n) is 13.7. The highest BCUT2D eigenvalue weighted by Crippen LogP contribution is 2.17. The SMILES string of the molecule is Cc1cc(C)cc([C@H](C)NC(=O)Cn2cc([N+](=O)[O-])nc2C)c1. The molecule has 0 bridgehead atoms. The molecule has 1 amide bonds. The van der Waals surface area contributed by atoms with Gasteiger partial charge in [0.2, 0.25) is 11.7 Å². The first kappa shape index (κ1) is 16.7. The highest BCUT2D eigenvalue weighted by Gasteiger charge is 2.18. The largest absolute Gasteiger partial charge is 0.381 e. The van der Waals surface area contributed by atoms with Crippen LogP contribution < -0.4 is 5.32 Å². The van der Waals surface area contributed by atoms with Crippen LogP contribution in [0.2, 0.25) is 0 Å². The van der Waals surface area contributed by atoms with Crippen LogP contribution in [0.5, 0.6) is 0 Å².